The Balaban J connectivity index is 2.15. The van der Waals surface area contributed by atoms with Gasteiger partial charge in [0.25, 0.3) is 0 Å². The van der Waals surface area contributed by atoms with Crippen LogP contribution in [0.3, 0.4) is 0 Å². The van der Waals surface area contributed by atoms with E-state index in [1.165, 1.54) is 5.56 Å². The Bertz CT molecular complexity index is 378. The summed E-state index contributed by atoms with van der Waals surface area (Å²) in [6.07, 6.45) is 1.75. The summed E-state index contributed by atoms with van der Waals surface area (Å²) >= 11 is 0. The first kappa shape index (κ1) is 7.98. The molecule has 0 saturated carbocycles. The van der Waals surface area contributed by atoms with Crippen LogP contribution in [-0.4, -0.2) is 14.8 Å². The smallest absolute Gasteiger partial charge is 0.147 e. The van der Waals surface area contributed by atoms with Crippen LogP contribution in [0.15, 0.2) is 36.7 Å². The van der Waals surface area contributed by atoms with Crippen LogP contribution in [0.25, 0.3) is 0 Å². The molecule has 0 bridgehead atoms. The van der Waals surface area contributed by atoms with Gasteiger partial charge in [0.2, 0.25) is 0 Å². The first-order valence-corrected chi connectivity index (χ1v) is 4.24. The van der Waals surface area contributed by atoms with Crippen molar-refractivity contribution in [2.45, 2.75) is 13.5 Å². The molecule has 0 N–H and O–H groups in total. The molecular formula is C10H11N3. The van der Waals surface area contributed by atoms with Gasteiger partial charge in [0.05, 0.1) is 6.54 Å². The minimum atomic E-state index is 0.793. The lowest BCUT2D eigenvalue weighted by molar-refractivity contribution is 0.679. The van der Waals surface area contributed by atoms with Crippen molar-refractivity contribution in [3.8, 4) is 0 Å². The molecule has 66 valence electrons. The van der Waals surface area contributed by atoms with Crippen molar-refractivity contribution in [1.29, 1.82) is 0 Å². The van der Waals surface area contributed by atoms with E-state index in [4.69, 9.17) is 0 Å². The van der Waals surface area contributed by atoms with E-state index in [9.17, 15) is 0 Å². The van der Waals surface area contributed by atoms with Gasteiger partial charge in [0.1, 0.15) is 12.2 Å². The zero-order valence-electron chi connectivity index (χ0n) is 7.51. The molecule has 2 aromatic rings. The maximum atomic E-state index is 4.21. The van der Waals surface area contributed by atoms with Gasteiger partial charge in [-0.1, -0.05) is 30.3 Å². The van der Waals surface area contributed by atoms with Crippen molar-refractivity contribution in [1.82, 2.24) is 14.8 Å². The highest BCUT2D eigenvalue weighted by Gasteiger charge is 1.95. The van der Waals surface area contributed by atoms with Crippen molar-refractivity contribution >= 4 is 0 Å². The second-order valence-electron chi connectivity index (χ2n) is 2.97. The average Bonchev–Trinajstić information content (AvgIpc) is 2.53. The van der Waals surface area contributed by atoms with Gasteiger partial charge in [-0.2, -0.15) is 5.10 Å². The number of aromatic nitrogens is 3. The second kappa shape index (κ2) is 3.39. The minimum Gasteiger partial charge on any atom is -0.248 e. The fourth-order valence-electron chi connectivity index (χ4n) is 1.23. The van der Waals surface area contributed by atoms with Crippen LogP contribution in [0, 0.1) is 6.92 Å². The Kier molecular flexibility index (Phi) is 2.08. The van der Waals surface area contributed by atoms with Crippen LogP contribution in [0.1, 0.15) is 11.4 Å². The topological polar surface area (TPSA) is 30.7 Å². The summed E-state index contributed by atoms with van der Waals surface area (Å²) in [4.78, 5) is 4.06. The highest BCUT2D eigenvalue weighted by molar-refractivity contribution is 5.14. The predicted octanol–water partition coefficient (Wildman–Crippen LogP) is 1.63. The Morgan fingerprint density at radius 3 is 2.62 bits per heavy atom. The normalized spacial score (nSPS) is 10.2. The summed E-state index contributed by atoms with van der Waals surface area (Å²) in [6, 6.07) is 10.2. The third kappa shape index (κ3) is 1.93. The first-order chi connectivity index (χ1) is 6.34. The molecule has 1 heterocycles. The Morgan fingerprint density at radius 2 is 2.00 bits per heavy atom. The van der Waals surface area contributed by atoms with Crippen molar-refractivity contribution in [2.75, 3.05) is 0 Å². The molecule has 3 heteroatoms. The summed E-state index contributed by atoms with van der Waals surface area (Å²) in [5.74, 6) is 0.816. The highest BCUT2D eigenvalue weighted by atomic mass is 15.3. The largest absolute Gasteiger partial charge is 0.248 e. The molecule has 0 atom stereocenters. The predicted molar refractivity (Wildman–Crippen MR) is 50.3 cm³/mol. The van der Waals surface area contributed by atoms with Crippen molar-refractivity contribution in [3.63, 3.8) is 0 Å². The lowest BCUT2D eigenvalue weighted by Gasteiger charge is -1.99. The fraction of sp³-hybridized carbons (Fsp3) is 0.200. The molecule has 0 aliphatic rings. The first-order valence-electron chi connectivity index (χ1n) is 4.24. The highest BCUT2D eigenvalue weighted by Crippen LogP contribution is 2.00. The van der Waals surface area contributed by atoms with Crippen LogP contribution < -0.4 is 0 Å². The van der Waals surface area contributed by atoms with Gasteiger partial charge >= 0.3 is 0 Å². The van der Waals surface area contributed by atoms with Crippen LogP contribution in [0.5, 0.6) is 0 Å². The molecule has 0 aliphatic carbocycles. The molecule has 0 radical (unpaired) electrons. The molecule has 3 nitrogen and oxygen atoms in total. The van der Waals surface area contributed by atoms with Crippen LogP contribution >= 0.6 is 0 Å². The van der Waals surface area contributed by atoms with Gasteiger partial charge < -0.3 is 0 Å². The SMILES string of the molecule is Cc1ncn(Cc2ccccc2)n1. The maximum absolute atomic E-state index is 4.21. The number of rotatable bonds is 2. The zero-order chi connectivity index (χ0) is 9.10. The monoisotopic (exact) mass is 173 g/mol. The van der Waals surface area contributed by atoms with Gasteiger partial charge in [-0.15, -0.1) is 0 Å². The molecule has 1 aromatic heterocycles. The molecule has 0 spiro atoms. The third-order valence-electron chi connectivity index (χ3n) is 1.84. The molecule has 2 rings (SSSR count). The van der Waals surface area contributed by atoms with Gasteiger partial charge in [-0.25, -0.2) is 9.67 Å². The van der Waals surface area contributed by atoms with E-state index >= 15 is 0 Å². The van der Waals surface area contributed by atoms with Gasteiger partial charge in [0.15, 0.2) is 0 Å². The molecule has 0 aliphatic heterocycles. The number of aryl methyl sites for hydroxylation is 1. The molecular weight excluding hydrogens is 162 g/mol. The summed E-state index contributed by atoms with van der Waals surface area (Å²) in [5, 5.41) is 4.21. The number of benzene rings is 1. The van der Waals surface area contributed by atoms with Crippen LogP contribution in [-0.2, 0) is 6.54 Å². The summed E-state index contributed by atoms with van der Waals surface area (Å²) in [7, 11) is 0. The number of hydrogen-bond donors (Lipinski definition) is 0. The average molecular weight is 173 g/mol. The van der Waals surface area contributed by atoms with Crippen molar-refractivity contribution < 1.29 is 0 Å². The maximum Gasteiger partial charge on any atom is 0.147 e. The summed E-state index contributed by atoms with van der Waals surface area (Å²) in [6.45, 7) is 2.68. The lowest BCUT2D eigenvalue weighted by atomic mass is 10.2. The van der Waals surface area contributed by atoms with E-state index < -0.39 is 0 Å². The summed E-state index contributed by atoms with van der Waals surface area (Å²) in [5.41, 5.74) is 1.24. The van der Waals surface area contributed by atoms with Gasteiger partial charge in [-0.3, -0.25) is 0 Å². The molecule has 1 aromatic carbocycles. The number of hydrogen-bond acceptors (Lipinski definition) is 2. The van der Waals surface area contributed by atoms with Gasteiger partial charge in [-0.05, 0) is 12.5 Å². The van der Waals surface area contributed by atoms with Crippen molar-refractivity contribution in [2.24, 2.45) is 0 Å². The molecule has 0 unspecified atom stereocenters. The van der Waals surface area contributed by atoms with E-state index in [0.29, 0.717) is 0 Å². The van der Waals surface area contributed by atoms with Crippen molar-refractivity contribution in [3.05, 3.63) is 48.0 Å². The molecule has 0 saturated heterocycles. The van der Waals surface area contributed by atoms with E-state index in [1.54, 1.807) is 6.33 Å². The fourth-order valence-corrected chi connectivity index (χ4v) is 1.23. The van der Waals surface area contributed by atoms with E-state index in [-0.39, 0.29) is 0 Å². The Hall–Kier alpha value is -1.64. The third-order valence-corrected chi connectivity index (χ3v) is 1.84. The Morgan fingerprint density at radius 1 is 1.23 bits per heavy atom. The van der Waals surface area contributed by atoms with E-state index in [2.05, 4.69) is 22.2 Å². The minimum absolute atomic E-state index is 0.793. The lowest BCUT2D eigenvalue weighted by Crippen LogP contribution is -1.99. The zero-order valence-corrected chi connectivity index (χ0v) is 7.51. The van der Waals surface area contributed by atoms with Crippen LogP contribution in [0.2, 0.25) is 0 Å². The quantitative estimate of drug-likeness (QED) is 0.691. The van der Waals surface area contributed by atoms with E-state index in [1.807, 2.05) is 29.8 Å². The number of nitrogens with zero attached hydrogens (tertiary/aromatic N) is 3. The van der Waals surface area contributed by atoms with Gasteiger partial charge in [0, 0.05) is 0 Å². The molecule has 0 fully saturated rings. The standard InChI is InChI=1S/C10H11N3/c1-9-11-8-13(12-9)7-10-5-3-2-4-6-10/h2-6,8H,7H2,1H3. The summed E-state index contributed by atoms with van der Waals surface area (Å²) < 4.78 is 1.84. The molecule has 0 amide bonds. The van der Waals surface area contributed by atoms with Crippen LogP contribution in [0.4, 0.5) is 0 Å². The second-order valence-corrected chi connectivity index (χ2v) is 2.97. The molecule has 13 heavy (non-hydrogen) atoms. The Labute approximate surface area is 77.0 Å². The van der Waals surface area contributed by atoms with E-state index in [0.717, 1.165) is 12.4 Å².